The number of non-ortho nitro benzene ring substituents is 1. The molecule has 2 rings (SSSR count). The third kappa shape index (κ3) is 4.07. The molecule has 0 saturated heterocycles. The van der Waals surface area contributed by atoms with Gasteiger partial charge >= 0.3 is 0 Å². The van der Waals surface area contributed by atoms with Crippen LogP contribution in [-0.2, 0) is 10.0 Å². The van der Waals surface area contributed by atoms with E-state index in [-0.39, 0.29) is 16.3 Å². The number of nitro benzene ring substituents is 1. The maximum absolute atomic E-state index is 12.3. The van der Waals surface area contributed by atoms with E-state index < -0.39 is 14.9 Å². The molecule has 126 valence electrons. The molecule has 0 aliphatic carbocycles. The molecule has 0 saturated carbocycles. The fraction of sp³-hybridized carbons (Fsp3) is 0.133. The molecule has 0 aromatic heterocycles. The highest BCUT2D eigenvalue weighted by Gasteiger charge is 2.18. The zero-order valence-corrected chi connectivity index (χ0v) is 13.8. The van der Waals surface area contributed by atoms with Crippen LogP contribution in [0.4, 0.5) is 5.69 Å². The van der Waals surface area contributed by atoms with Crippen LogP contribution in [-0.4, -0.2) is 26.7 Å². The van der Waals surface area contributed by atoms with E-state index in [1.165, 1.54) is 43.7 Å². The number of ether oxygens (including phenoxy) is 1. The van der Waals surface area contributed by atoms with Crippen molar-refractivity contribution in [3.63, 3.8) is 0 Å². The van der Waals surface area contributed by atoms with E-state index in [2.05, 4.69) is 9.93 Å². The van der Waals surface area contributed by atoms with Crippen LogP contribution < -0.4 is 9.57 Å². The van der Waals surface area contributed by atoms with Gasteiger partial charge in [-0.2, -0.15) is 18.4 Å². The van der Waals surface area contributed by atoms with Crippen molar-refractivity contribution < 1.29 is 18.1 Å². The number of aryl methyl sites for hydroxylation is 1. The summed E-state index contributed by atoms with van der Waals surface area (Å²) in [6, 6.07) is 10.3. The fourth-order valence-corrected chi connectivity index (χ4v) is 2.94. The molecule has 0 amide bonds. The van der Waals surface area contributed by atoms with Crippen molar-refractivity contribution in [2.45, 2.75) is 11.8 Å². The number of nitrogens with zero attached hydrogens (tertiary/aromatic N) is 2. The summed E-state index contributed by atoms with van der Waals surface area (Å²) in [6.07, 6.45) is 1.25. The molecule has 9 heteroatoms. The van der Waals surface area contributed by atoms with Gasteiger partial charge in [0.2, 0.25) is 0 Å². The maximum atomic E-state index is 12.3. The Hall–Kier alpha value is -2.94. The molecule has 0 unspecified atom stereocenters. The normalized spacial score (nSPS) is 11.4. The molecule has 24 heavy (non-hydrogen) atoms. The second kappa shape index (κ2) is 7.09. The molecule has 8 nitrogen and oxygen atoms in total. The topological polar surface area (TPSA) is 111 Å². The molecule has 0 aliphatic rings. The van der Waals surface area contributed by atoms with Gasteiger partial charge in [0.05, 0.1) is 18.2 Å². The second-order valence-electron chi connectivity index (χ2n) is 4.86. The molecule has 0 bridgehead atoms. The van der Waals surface area contributed by atoms with Crippen molar-refractivity contribution in [3.8, 4) is 5.75 Å². The Kier molecular flexibility index (Phi) is 5.14. The maximum Gasteiger partial charge on any atom is 0.280 e. The van der Waals surface area contributed by atoms with E-state index >= 15 is 0 Å². The quantitative estimate of drug-likeness (QED) is 0.488. The number of methoxy groups -OCH3 is 1. The van der Waals surface area contributed by atoms with Gasteiger partial charge in [-0.05, 0) is 42.3 Å². The van der Waals surface area contributed by atoms with Crippen LogP contribution in [0.2, 0.25) is 0 Å². The number of hydrogen-bond donors (Lipinski definition) is 1. The average molecular weight is 349 g/mol. The molecule has 0 heterocycles. The fourth-order valence-electron chi connectivity index (χ4n) is 1.90. The van der Waals surface area contributed by atoms with Gasteiger partial charge in [0.25, 0.3) is 15.7 Å². The van der Waals surface area contributed by atoms with Crippen LogP contribution in [0.25, 0.3) is 0 Å². The summed E-state index contributed by atoms with van der Waals surface area (Å²) >= 11 is 0. The molecule has 0 aliphatic heterocycles. The van der Waals surface area contributed by atoms with Crippen molar-refractivity contribution in [1.82, 2.24) is 4.83 Å². The summed E-state index contributed by atoms with van der Waals surface area (Å²) in [5, 5.41) is 14.3. The first-order valence-corrected chi connectivity index (χ1v) is 8.26. The third-order valence-corrected chi connectivity index (χ3v) is 4.34. The summed E-state index contributed by atoms with van der Waals surface area (Å²) in [5.41, 5.74) is 1.22. The lowest BCUT2D eigenvalue weighted by Crippen LogP contribution is -2.19. The van der Waals surface area contributed by atoms with Gasteiger partial charge in [0.15, 0.2) is 0 Å². The van der Waals surface area contributed by atoms with E-state index in [4.69, 9.17) is 4.74 Å². The Morgan fingerprint density at radius 1 is 1.21 bits per heavy atom. The monoisotopic (exact) mass is 349 g/mol. The molecular weight excluding hydrogens is 334 g/mol. The molecule has 0 spiro atoms. The number of rotatable bonds is 6. The van der Waals surface area contributed by atoms with Gasteiger partial charge in [-0.15, -0.1) is 0 Å². The van der Waals surface area contributed by atoms with Crippen LogP contribution in [0.15, 0.2) is 52.5 Å². The highest BCUT2D eigenvalue weighted by atomic mass is 32.2. The minimum absolute atomic E-state index is 0.0224. The summed E-state index contributed by atoms with van der Waals surface area (Å²) < 4.78 is 29.7. The summed E-state index contributed by atoms with van der Waals surface area (Å²) in [7, 11) is -2.52. The van der Waals surface area contributed by atoms with Crippen molar-refractivity contribution in [2.75, 3.05) is 7.11 Å². The highest BCUT2D eigenvalue weighted by Crippen LogP contribution is 2.24. The van der Waals surface area contributed by atoms with Crippen molar-refractivity contribution in [2.24, 2.45) is 5.10 Å². The smallest absolute Gasteiger partial charge is 0.280 e. The Bertz CT molecular complexity index is 876. The Morgan fingerprint density at radius 2 is 1.88 bits per heavy atom. The average Bonchev–Trinajstić information content (AvgIpc) is 2.55. The standard InChI is InChI=1S/C15H15N3O5S/c1-11-3-8-14(23-2)15(9-11)24(21,22)17-16-10-12-4-6-13(7-5-12)18(19)20/h3-10,17H,1-2H3/b16-10+. The van der Waals surface area contributed by atoms with E-state index in [1.54, 1.807) is 19.1 Å². The lowest BCUT2D eigenvalue weighted by molar-refractivity contribution is -0.384. The molecule has 1 N–H and O–H groups in total. The summed E-state index contributed by atoms with van der Waals surface area (Å²) in [6.45, 7) is 1.76. The number of sulfonamides is 1. The van der Waals surface area contributed by atoms with Crippen LogP contribution in [0.3, 0.4) is 0 Å². The first-order chi connectivity index (χ1) is 11.3. The minimum Gasteiger partial charge on any atom is -0.495 e. The lowest BCUT2D eigenvalue weighted by atomic mass is 10.2. The van der Waals surface area contributed by atoms with Crippen molar-refractivity contribution in [1.29, 1.82) is 0 Å². The summed E-state index contributed by atoms with van der Waals surface area (Å²) in [5.74, 6) is 0.207. The molecule has 0 fully saturated rings. The zero-order valence-electron chi connectivity index (χ0n) is 13.0. The van der Waals surface area contributed by atoms with E-state index in [9.17, 15) is 18.5 Å². The number of hydrazone groups is 1. The SMILES string of the molecule is COc1ccc(C)cc1S(=O)(=O)N/N=C/c1ccc([N+](=O)[O-])cc1. The summed E-state index contributed by atoms with van der Waals surface area (Å²) in [4.78, 5) is 12.1. The molecule has 0 atom stereocenters. The van der Waals surface area contributed by atoms with E-state index in [0.29, 0.717) is 5.56 Å². The number of nitro groups is 1. The third-order valence-electron chi connectivity index (χ3n) is 3.10. The molecule has 2 aromatic carbocycles. The van der Waals surface area contributed by atoms with Crippen LogP contribution in [0.1, 0.15) is 11.1 Å². The Morgan fingerprint density at radius 3 is 2.46 bits per heavy atom. The number of nitrogens with one attached hydrogen (secondary N) is 1. The predicted molar refractivity (Wildman–Crippen MR) is 88.7 cm³/mol. The van der Waals surface area contributed by atoms with E-state index in [1.807, 2.05) is 0 Å². The molecule has 0 radical (unpaired) electrons. The first-order valence-electron chi connectivity index (χ1n) is 6.77. The predicted octanol–water partition coefficient (Wildman–Crippen LogP) is 2.22. The molecule has 2 aromatic rings. The van der Waals surface area contributed by atoms with Crippen molar-refractivity contribution >= 4 is 21.9 Å². The van der Waals surface area contributed by atoms with E-state index in [0.717, 1.165) is 5.56 Å². The number of benzene rings is 2. The first kappa shape index (κ1) is 17.4. The Balaban J connectivity index is 2.18. The van der Waals surface area contributed by atoms with Gasteiger partial charge < -0.3 is 4.74 Å². The van der Waals surface area contributed by atoms with Crippen LogP contribution >= 0.6 is 0 Å². The van der Waals surface area contributed by atoms with Gasteiger partial charge in [-0.3, -0.25) is 10.1 Å². The Labute approximate surface area is 139 Å². The van der Waals surface area contributed by atoms with Crippen LogP contribution in [0, 0.1) is 17.0 Å². The largest absolute Gasteiger partial charge is 0.495 e. The highest BCUT2D eigenvalue weighted by molar-refractivity contribution is 7.89. The minimum atomic E-state index is -3.90. The van der Waals surface area contributed by atoms with Gasteiger partial charge in [0, 0.05) is 12.1 Å². The van der Waals surface area contributed by atoms with Gasteiger partial charge in [0.1, 0.15) is 10.6 Å². The van der Waals surface area contributed by atoms with Gasteiger partial charge in [-0.1, -0.05) is 6.07 Å². The molecular formula is C15H15N3O5S. The van der Waals surface area contributed by atoms with Crippen LogP contribution in [0.5, 0.6) is 5.75 Å². The zero-order chi connectivity index (χ0) is 17.7. The van der Waals surface area contributed by atoms with Gasteiger partial charge in [-0.25, -0.2) is 0 Å². The number of hydrogen-bond acceptors (Lipinski definition) is 6. The second-order valence-corrected chi connectivity index (χ2v) is 6.49. The van der Waals surface area contributed by atoms with Crippen molar-refractivity contribution in [3.05, 3.63) is 63.7 Å². The lowest BCUT2D eigenvalue weighted by Gasteiger charge is -2.09.